The van der Waals surface area contributed by atoms with Crippen LogP contribution in [0.4, 0.5) is 68.2 Å². The van der Waals surface area contributed by atoms with Crippen molar-refractivity contribution in [2.24, 2.45) is 37.9 Å². The highest BCUT2D eigenvalue weighted by molar-refractivity contribution is 7.76. The Morgan fingerprint density at radius 1 is 0.220 bits per heavy atom. The fraction of sp³-hybridized carbons (Fsp3) is 0.723. The van der Waals surface area contributed by atoms with Gasteiger partial charge in [0, 0.05) is 143 Å². The molecule has 7 aromatic rings. The Morgan fingerprint density at radius 2 is 0.457 bits per heavy atom. The molecule has 0 amide bonds. The van der Waals surface area contributed by atoms with Crippen LogP contribution in [0.5, 0.6) is 0 Å². The zero-order valence-electron chi connectivity index (χ0n) is 86.2. The van der Waals surface area contributed by atoms with E-state index in [4.69, 9.17) is 171 Å². The second-order valence-corrected chi connectivity index (χ2v) is 49.2. The Hall–Kier alpha value is -2.96. The van der Waals surface area contributed by atoms with Crippen molar-refractivity contribution in [3.05, 3.63) is 74.3 Å². The van der Waals surface area contributed by atoms with Crippen molar-refractivity contribution in [1.82, 2.24) is 0 Å². The molecule has 0 aliphatic carbocycles. The van der Waals surface area contributed by atoms with E-state index in [2.05, 4.69) is 275 Å². The van der Waals surface area contributed by atoms with E-state index in [9.17, 15) is 0 Å². The zero-order chi connectivity index (χ0) is 98.5. The van der Waals surface area contributed by atoms with Gasteiger partial charge < -0.3 is 60.0 Å². The van der Waals surface area contributed by atoms with E-state index in [0.717, 1.165) is 180 Å². The van der Waals surface area contributed by atoms with Gasteiger partial charge in [0.15, 0.2) is 0 Å². The average Bonchev–Trinajstić information content (AvgIpc) is 0.768. The minimum atomic E-state index is 0.395. The van der Waals surface area contributed by atoms with E-state index in [1.807, 2.05) is 42.3 Å². The number of nitrogens with one attached hydrogen (secondary N) is 3. The van der Waals surface area contributed by atoms with E-state index in [1.54, 1.807) is 0 Å². The summed E-state index contributed by atoms with van der Waals surface area (Å²) in [7, 11) is 24.6. The summed E-state index contributed by atoms with van der Waals surface area (Å²) < 4.78 is 12.1. The number of hydrogen-bond acceptors (Lipinski definition) is 26. The van der Waals surface area contributed by atoms with Crippen LogP contribution in [0.3, 0.4) is 0 Å². The molecule has 0 saturated carbocycles. The summed E-state index contributed by atoms with van der Waals surface area (Å²) >= 11 is 74.5. The molecule has 0 heterocycles. The van der Waals surface area contributed by atoms with Crippen LogP contribution >= 0.6 is 171 Å². The molecule has 0 bridgehead atoms. The highest BCUT2D eigenvalue weighted by Gasteiger charge is 2.28. The Labute approximate surface area is 848 Å². The Bertz CT molecular complexity index is 5050. The zero-order valence-corrected chi connectivity index (χ0v) is 97.7. The summed E-state index contributed by atoms with van der Waals surface area (Å²) in [6, 6.07) is 0. The van der Waals surface area contributed by atoms with E-state index in [-0.39, 0.29) is 0 Å². The molecule has 7 rings (SSSR count). The lowest BCUT2D eigenvalue weighted by molar-refractivity contribution is 0.358. The van der Waals surface area contributed by atoms with Crippen molar-refractivity contribution in [3.8, 4) is 0 Å². The number of unbranched alkanes of at least 4 members (excludes halogenated alkanes) is 4. The molecule has 127 heavy (non-hydrogen) atoms. The van der Waals surface area contributed by atoms with Gasteiger partial charge in [-0.1, -0.05) is 342 Å². The first kappa shape index (κ1) is 122. The fourth-order valence-corrected chi connectivity index (χ4v) is 19.9. The maximum absolute atomic E-state index is 5.45. The fourth-order valence-electron chi connectivity index (χ4n) is 15.1. The van der Waals surface area contributed by atoms with Crippen molar-refractivity contribution in [2.45, 2.75) is 302 Å². The molecule has 0 radical (unpaired) electrons. The normalized spacial score (nSPS) is 11.9. The summed E-state index contributed by atoms with van der Waals surface area (Å²) in [4.78, 5) is 19.9. The van der Waals surface area contributed by atoms with Crippen molar-refractivity contribution in [1.29, 1.82) is 0 Å². The predicted molar refractivity (Wildman–Crippen MR) is 611 cm³/mol. The lowest BCUT2D eigenvalue weighted by Crippen LogP contribution is -2.29. The van der Waals surface area contributed by atoms with Crippen LogP contribution in [0.1, 0.15) is 300 Å². The minimum Gasteiger partial charge on any atom is -0.387 e. The molecule has 0 unspecified atom stereocenters. The molecule has 3 N–H and O–H groups in total. The monoisotopic (exact) mass is 2000 g/mol. The number of nitrogens with zero attached hydrogens (tertiary/aromatic N) is 9. The first-order chi connectivity index (χ1) is 58.2. The molecule has 0 atom stereocenters. The topological polar surface area (TPSA) is 65.3 Å². The van der Waals surface area contributed by atoms with Gasteiger partial charge >= 0.3 is 0 Å². The molecule has 0 aliphatic rings. The van der Waals surface area contributed by atoms with Gasteiger partial charge in [-0.15, -0.1) is 0 Å². The summed E-state index contributed by atoms with van der Waals surface area (Å²) in [5, 5.41) is 9.59. The number of rotatable bonds is 41. The van der Waals surface area contributed by atoms with Crippen LogP contribution in [0.15, 0.2) is 0 Å². The van der Waals surface area contributed by atoms with Gasteiger partial charge in [0.05, 0.1) is 131 Å². The Kier molecular flexibility index (Phi) is 53.1. The number of hydrogen-bond donors (Lipinski definition) is 3. The van der Waals surface area contributed by atoms with Crippen LogP contribution < -0.4 is 60.0 Å². The van der Waals surface area contributed by atoms with Gasteiger partial charge in [-0.25, -0.2) is 0 Å². The van der Waals surface area contributed by atoms with E-state index < -0.39 is 0 Å². The first-order valence-corrected chi connectivity index (χ1v) is 52.2. The van der Waals surface area contributed by atoms with Crippen molar-refractivity contribution < 1.29 is 0 Å². The third-order valence-electron chi connectivity index (χ3n) is 22.7. The van der Waals surface area contributed by atoms with Crippen molar-refractivity contribution in [2.75, 3.05) is 204 Å². The van der Waals surface area contributed by atoms with Crippen LogP contribution in [0.2, 0.25) is 0 Å². The average molecular weight is 2000 g/mol. The van der Waals surface area contributed by atoms with Crippen LogP contribution in [-0.2, 0) is 12.8 Å². The molecule has 0 spiro atoms. The highest BCUT2D eigenvalue weighted by Crippen LogP contribution is 2.43. The SMILES string of the molecule is CCN(C)c1c(N(C)CCCC(C)(C)C)c(=S)c1=S.CCN(CC)c1c(N(C)CCCC(C)(C)C)c(=S)c1=S.CCNc1c(N(C)CCCC(C)(C)C)c(=S)c1=S.CN(C)c1c(CCCCCC(C)(C)C)c(=S)c1=S.CN(C)c1c(N(C)CCCC(C)(C)C)c(=S)c1=S.CNc1c(CCCCCC(C)(C)C)c(=S)c1=S.CNc1c(N(C)CCCC(C)(C)C)c(=S)c1=S. The van der Waals surface area contributed by atoms with Gasteiger partial charge in [-0.05, 0) is 179 Å². The molecule has 12 nitrogen and oxygen atoms in total. The summed E-state index contributed by atoms with van der Waals surface area (Å²) in [6.07, 6.45) is 24.4. The standard InChI is InChI=1S/C16H28N2S2.C15H26N2S2.C15H25NS2.2C14H24N2S2.C14H23NS2.C13H22N2S2/c1-7-18(8-2)13-12(14(19)15(13)20)17(6)11-9-10-16(3,4)5;1-7-16(5)11-12(14(19)13(11)18)17(6)10-8-9-15(2,3)4;1-15(2,3)10-8-6-7-9-11-12(16(4)5)14(18)13(11)17;1-14(2,3)8-7-9-16(6)11-10(15(4)5)12(17)13(11)18;1-6-15-10-11(13(18)12(10)17)16(5)9-7-8-14(2,3)4;1-14(2,3)9-7-5-6-8-10-11(15-4)13(17)12(10)16;1-13(2,3)7-6-8-15(5)10-9(14-4)11(16)12(10)17/h7-11H2,1-6H3;7-10H2,1-6H3;6-10H2,1-5H3;7-9H2,1-6H3;15H,6-9H2,1-5H3;15H,5-9H2,1-4H3;14H,6-8H2,1-5H3. The van der Waals surface area contributed by atoms with Crippen LogP contribution in [-0.4, -0.2) is 143 Å². The van der Waals surface area contributed by atoms with Crippen LogP contribution in [0.25, 0.3) is 0 Å². The summed E-state index contributed by atoms with van der Waals surface area (Å²) in [5.41, 5.74) is 19.1. The third kappa shape index (κ3) is 40.5. The smallest absolute Gasteiger partial charge is 0.0835 e. The lowest BCUT2D eigenvalue weighted by Gasteiger charge is -2.32. The Balaban J connectivity index is 0.000000741. The second-order valence-electron chi connectivity index (χ2n) is 43.5. The van der Waals surface area contributed by atoms with Gasteiger partial charge in [0.25, 0.3) is 0 Å². The molecule has 720 valence electrons. The molecule has 26 heteroatoms. The molecular formula is C101H172N12S14. The minimum absolute atomic E-state index is 0.395. The van der Waals surface area contributed by atoms with E-state index in [1.165, 1.54) is 149 Å². The summed E-state index contributed by atoms with van der Waals surface area (Å²) in [5.74, 6) is 0. The van der Waals surface area contributed by atoms with Crippen LogP contribution in [0, 0.1) is 101 Å². The maximum Gasteiger partial charge on any atom is 0.0835 e. The maximum atomic E-state index is 5.45. The molecular weight excluding hydrogens is 1830 g/mol. The molecule has 0 aliphatic heterocycles. The van der Waals surface area contributed by atoms with Gasteiger partial charge in [0.1, 0.15) is 0 Å². The number of anilines is 12. The third-order valence-corrected chi connectivity index (χ3v) is 29.4. The van der Waals surface area contributed by atoms with Gasteiger partial charge in [0.2, 0.25) is 0 Å². The highest BCUT2D eigenvalue weighted by atomic mass is 32.1. The van der Waals surface area contributed by atoms with E-state index in [0.29, 0.717) is 37.9 Å². The lowest BCUT2D eigenvalue weighted by atomic mass is 9.89. The van der Waals surface area contributed by atoms with E-state index >= 15 is 0 Å². The molecule has 7 aromatic carbocycles. The molecule has 0 fully saturated rings. The quantitative estimate of drug-likeness (QED) is 0.0251. The summed E-state index contributed by atoms with van der Waals surface area (Å²) in [6.45, 7) is 65.5. The largest absolute Gasteiger partial charge is 0.387 e. The molecule has 0 aromatic heterocycles. The van der Waals surface area contributed by atoms with Gasteiger partial charge in [-0.3, -0.25) is 0 Å². The van der Waals surface area contributed by atoms with Crippen molar-refractivity contribution in [3.63, 3.8) is 0 Å². The molecule has 0 saturated heterocycles. The van der Waals surface area contributed by atoms with Crippen molar-refractivity contribution >= 4 is 239 Å². The second kappa shape index (κ2) is 55.3. The van der Waals surface area contributed by atoms with Gasteiger partial charge in [-0.2, -0.15) is 0 Å². The Morgan fingerprint density at radius 3 is 0.756 bits per heavy atom. The first-order valence-electron chi connectivity index (χ1n) is 46.5. The predicted octanol–water partition coefficient (Wildman–Crippen LogP) is 33.7.